The van der Waals surface area contributed by atoms with E-state index in [0.717, 1.165) is 35.9 Å². The van der Waals surface area contributed by atoms with E-state index < -0.39 is 0 Å². The first kappa shape index (κ1) is 19.4. The zero-order valence-corrected chi connectivity index (χ0v) is 17.9. The molecule has 0 aromatic heterocycles. The van der Waals surface area contributed by atoms with E-state index in [9.17, 15) is 4.79 Å². The number of hydrogen-bond acceptors (Lipinski definition) is 3. The maximum absolute atomic E-state index is 13.1. The average molecular weight is 435 g/mol. The number of carbonyl (C=O) groups excluding carboxylic acids is 1. The van der Waals surface area contributed by atoms with Gasteiger partial charge in [0.1, 0.15) is 0 Å². The van der Waals surface area contributed by atoms with Crippen LogP contribution in [0.2, 0.25) is 0 Å². The van der Waals surface area contributed by atoms with E-state index >= 15 is 0 Å². The van der Waals surface area contributed by atoms with Crippen LogP contribution in [-0.2, 0) is 16.0 Å². The Morgan fingerprint density at radius 1 is 1.26 bits per heavy atom. The molecule has 0 bridgehead atoms. The van der Waals surface area contributed by atoms with Crippen molar-refractivity contribution in [3.05, 3.63) is 34.3 Å². The van der Waals surface area contributed by atoms with Gasteiger partial charge in [0, 0.05) is 30.2 Å². The highest BCUT2D eigenvalue weighted by Gasteiger charge is 2.47. The van der Waals surface area contributed by atoms with Crippen molar-refractivity contribution in [3.63, 3.8) is 0 Å². The van der Waals surface area contributed by atoms with Gasteiger partial charge in [-0.2, -0.15) is 0 Å². The average Bonchev–Trinajstić information content (AvgIpc) is 3.35. The minimum Gasteiger partial charge on any atom is -0.375 e. The molecule has 0 radical (unpaired) electrons. The van der Waals surface area contributed by atoms with Crippen LogP contribution in [0.5, 0.6) is 0 Å². The van der Waals surface area contributed by atoms with E-state index in [1.54, 1.807) is 0 Å². The molecule has 1 aromatic carbocycles. The van der Waals surface area contributed by atoms with Gasteiger partial charge in [-0.05, 0) is 69.7 Å². The molecule has 27 heavy (non-hydrogen) atoms. The van der Waals surface area contributed by atoms with E-state index in [-0.39, 0.29) is 11.5 Å². The van der Waals surface area contributed by atoms with Crippen LogP contribution in [0.3, 0.4) is 0 Å². The van der Waals surface area contributed by atoms with Crippen LogP contribution in [0, 0.1) is 0 Å². The van der Waals surface area contributed by atoms with Crippen molar-refractivity contribution in [1.82, 2.24) is 9.80 Å². The summed E-state index contributed by atoms with van der Waals surface area (Å²) in [6.07, 6.45) is 8.64. The smallest absolute Gasteiger partial charge is 0.227 e. The summed E-state index contributed by atoms with van der Waals surface area (Å²) in [4.78, 5) is 17.8. The summed E-state index contributed by atoms with van der Waals surface area (Å²) in [5, 5.41) is 0. The monoisotopic (exact) mass is 434 g/mol. The fraction of sp³-hybridized carbons (Fsp3) is 0.682. The summed E-state index contributed by atoms with van der Waals surface area (Å²) in [6, 6.07) is 8.78. The van der Waals surface area contributed by atoms with Crippen LogP contribution in [0.1, 0.15) is 50.5 Å². The van der Waals surface area contributed by atoms with Gasteiger partial charge in [0.15, 0.2) is 0 Å². The lowest BCUT2D eigenvalue weighted by molar-refractivity contribution is -0.136. The zero-order chi connectivity index (χ0) is 18.9. The normalized spacial score (nSPS) is 31.5. The zero-order valence-electron chi connectivity index (χ0n) is 16.3. The van der Waals surface area contributed by atoms with Gasteiger partial charge in [0.25, 0.3) is 0 Å². The van der Waals surface area contributed by atoms with Gasteiger partial charge in [-0.3, -0.25) is 9.69 Å². The quantitative estimate of drug-likeness (QED) is 0.717. The molecule has 3 unspecified atom stereocenters. The van der Waals surface area contributed by atoms with E-state index in [4.69, 9.17) is 4.74 Å². The van der Waals surface area contributed by atoms with Gasteiger partial charge >= 0.3 is 0 Å². The molecule has 4 rings (SSSR count). The predicted octanol–water partition coefficient (Wildman–Crippen LogP) is 4.02. The molecule has 3 aliphatic rings. The summed E-state index contributed by atoms with van der Waals surface area (Å²) < 4.78 is 7.25. The van der Waals surface area contributed by atoms with Gasteiger partial charge in [-0.15, -0.1) is 0 Å². The molecule has 2 aliphatic heterocycles. The topological polar surface area (TPSA) is 32.8 Å². The first-order valence-corrected chi connectivity index (χ1v) is 11.2. The van der Waals surface area contributed by atoms with Crippen LogP contribution in [-0.4, -0.2) is 60.1 Å². The molecule has 1 aromatic rings. The summed E-state index contributed by atoms with van der Waals surface area (Å²) in [5.41, 5.74) is 1.15. The van der Waals surface area contributed by atoms with Crippen molar-refractivity contribution in [3.8, 4) is 0 Å². The Morgan fingerprint density at radius 3 is 2.74 bits per heavy atom. The highest BCUT2D eigenvalue weighted by Crippen LogP contribution is 2.43. The lowest BCUT2D eigenvalue weighted by Gasteiger charge is -2.48. The van der Waals surface area contributed by atoms with Crippen molar-refractivity contribution in [2.24, 2.45) is 0 Å². The third-order valence-corrected chi connectivity index (χ3v) is 7.68. The maximum atomic E-state index is 13.1. The number of nitrogens with zero attached hydrogens (tertiary/aromatic N) is 2. The number of hydrogen-bond donors (Lipinski definition) is 0. The Balaban J connectivity index is 1.49. The summed E-state index contributed by atoms with van der Waals surface area (Å²) in [7, 11) is 2.01. The minimum atomic E-state index is 0.0795. The van der Waals surface area contributed by atoms with Gasteiger partial charge < -0.3 is 9.64 Å². The van der Waals surface area contributed by atoms with Crippen LogP contribution >= 0.6 is 15.9 Å². The molecular formula is C22H31BrN2O2. The second kappa shape index (κ2) is 8.22. The summed E-state index contributed by atoms with van der Waals surface area (Å²) >= 11 is 3.58. The van der Waals surface area contributed by atoms with Crippen molar-refractivity contribution in [2.45, 2.75) is 69.1 Å². The SMILES string of the molecule is CN(C(=O)Cc1ccccc1Br)C1CCC2(CCCO2)CC1N1CCCC1. The third-order valence-electron chi connectivity index (χ3n) is 6.91. The minimum absolute atomic E-state index is 0.0795. The first-order valence-electron chi connectivity index (χ1n) is 10.5. The molecule has 4 nitrogen and oxygen atoms in total. The van der Waals surface area contributed by atoms with Gasteiger partial charge in [-0.1, -0.05) is 34.1 Å². The molecule has 1 amide bonds. The van der Waals surface area contributed by atoms with Gasteiger partial charge in [0.2, 0.25) is 5.91 Å². The van der Waals surface area contributed by atoms with Gasteiger partial charge in [-0.25, -0.2) is 0 Å². The third kappa shape index (κ3) is 4.10. The molecule has 1 spiro atoms. The molecule has 1 aliphatic carbocycles. The van der Waals surface area contributed by atoms with Crippen molar-refractivity contribution >= 4 is 21.8 Å². The number of likely N-dealkylation sites (N-methyl/N-ethyl adjacent to an activating group) is 1. The Hall–Kier alpha value is -0.910. The van der Waals surface area contributed by atoms with Crippen molar-refractivity contribution in [1.29, 1.82) is 0 Å². The Morgan fingerprint density at radius 2 is 2.04 bits per heavy atom. The molecule has 148 valence electrons. The Labute approximate surface area is 171 Å². The molecule has 0 N–H and O–H groups in total. The lowest BCUT2D eigenvalue weighted by Crippen LogP contribution is -2.58. The number of carbonyl (C=O) groups is 1. The Bertz CT molecular complexity index is 668. The van der Waals surface area contributed by atoms with E-state index in [2.05, 4.69) is 20.8 Å². The standard InChI is InChI=1S/C22H31BrN2O2/c1-24(21(26)15-17-7-2-3-8-18(17)23)19-9-11-22(10-6-14-27-22)16-20(19)25-12-4-5-13-25/h2-3,7-8,19-20H,4-6,9-16H2,1H3. The highest BCUT2D eigenvalue weighted by molar-refractivity contribution is 9.10. The molecule has 2 heterocycles. The Kier molecular flexibility index (Phi) is 5.91. The molecule has 5 heteroatoms. The predicted molar refractivity (Wildman–Crippen MR) is 111 cm³/mol. The van der Waals surface area contributed by atoms with Crippen LogP contribution in [0.25, 0.3) is 0 Å². The number of benzene rings is 1. The molecule has 1 saturated carbocycles. The van der Waals surface area contributed by atoms with E-state index in [1.807, 2.05) is 36.2 Å². The number of likely N-dealkylation sites (tertiary alicyclic amines) is 1. The lowest BCUT2D eigenvalue weighted by atomic mass is 9.76. The maximum Gasteiger partial charge on any atom is 0.227 e. The fourth-order valence-electron chi connectivity index (χ4n) is 5.35. The van der Waals surface area contributed by atoms with Crippen LogP contribution in [0.4, 0.5) is 0 Å². The van der Waals surface area contributed by atoms with Gasteiger partial charge in [0.05, 0.1) is 12.0 Å². The molecule has 3 atom stereocenters. The number of halogens is 1. The summed E-state index contributed by atoms with van der Waals surface area (Å²) in [5.74, 6) is 0.222. The molecular weight excluding hydrogens is 404 g/mol. The highest BCUT2D eigenvalue weighted by atomic mass is 79.9. The number of amides is 1. The molecule has 2 saturated heterocycles. The largest absolute Gasteiger partial charge is 0.375 e. The van der Waals surface area contributed by atoms with Crippen molar-refractivity contribution < 1.29 is 9.53 Å². The fourth-order valence-corrected chi connectivity index (χ4v) is 5.77. The van der Waals surface area contributed by atoms with E-state index in [0.29, 0.717) is 18.5 Å². The van der Waals surface area contributed by atoms with Crippen LogP contribution in [0.15, 0.2) is 28.7 Å². The van der Waals surface area contributed by atoms with Crippen LogP contribution < -0.4 is 0 Å². The second-order valence-electron chi connectivity index (χ2n) is 8.53. The molecule has 3 fully saturated rings. The second-order valence-corrected chi connectivity index (χ2v) is 9.38. The number of rotatable bonds is 4. The van der Waals surface area contributed by atoms with E-state index in [1.165, 1.54) is 38.8 Å². The first-order chi connectivity index (χ1) is 13.1. The number of ether oxygens (including phenoxy) is 1. The van der Waals surface area contributed by atoms with Crippen molar-refractivity contribution in [2.75, 3.05) is 26.7 Å². The summed E-state index contributed by atoms with van der Waals surface area (Å²) in [6.45, 7) is 3.25.